The van der Waals surface area contributed by atoms with Gasteiger partial charge in [0.25, 0.3) is 6.33 Å². The zero-order chi connectivity index (χ0) is 30.0. The summed E-state index contributed by atoms with van der Waals surface area (Å²) in [6, 6.07) is 18.9. The molecule has 218 valence electrons. The van der Waals surface area contributed by atoms with Crippen LogP contribution in [-0.2, 0) is 22.7 Å². The summed E-state index contributed by atoms with van der Waals surface area (Å²) in [6.45, 7) is 5.07. The molecule has 2 aliphatic heterocycles. The van der Waals surface area contributed by atoms with E-state index < -0.39 is 18.0 Å². The summed E-state index contributed by atoms with van der Waals surface area (Å²) in [5, 5.41) is 23.8. The highest BCUT2D eigenvalue weighted by molar-refractivity contribution is 7.98. The highest BCUT2D eigenvalue weighted by Gasteiger charge is 2.60. The number of benzene rings is 2. The number of rotatable bonds is 8. The van der Waals surface area contributed by atoms with Crippen LogP contribution in [0.4, 0.5) is 0 Å². The second-order valence-electron chi connectivity index (χ2n) is 11.4. The van der Waals surface area contributed by atoms with E-state index in [0.717, 1.165) is 21.3 Å². The highest BCUT2D eigenvalue weighted by atomic mass is 32.2. The van der Waals surface area contributed by atoms with Crippen molar-refractivity contribution in [2.24, 2.45) is 11.8 Å². The van der Waals surface area contributed by atoms with E-state index in [1.165, 1.54) is 26.8 Å². The number of pyridine rings is 1. The Labute approximate surface area is 257 Å². The van der Waals surface area contributed by atoms with Crippen LogP contribution in [0, 0.1) is 11.8 Å². The lowest BCUT2D eigenvalue weighted by atomic mass is 9.77. The minimum absolute atomic E-state index is 0.0458. The Bertz CT molecular complexity index is 1940. The number of carbonyl (C=O) groups excluding carboxylic acids is 1. The number of aromatic nitrogens is 3. The van der Waals surface area contributed by atoms with Crippen LogP contribution >= 0.6 is 23.1 Å². The van der Waals surface area contributed by atoms with Crippen LogP contribution in [-0.4, -0.2) is 49.8 Å². The molecule has 3 aromatic heterocycles. The largest absolute Gasteiger partial charge is 0.477 e. The van der Waals surface area contributed by atoms with Gasteiger partial charge in [-0.15, -0.1) is 0 Å². The van der Waals surface area contributed by atoms with Crippen molar-refractivity contribution in [3.63, 3.8) is 0 Å². The van der Waals surface area contributed by atoms with Gasteiger partial charge >= 0.3 is 5.97 Å². The van der Waals surface area contributed by atoms with Gasteiger partial charge in [-0.1, -0.05) is 72.5 Å². The molecule has 43 heavy (non-hydrogen) atoms. The molecule has 8 nitrogen and oxygen atoms in total. The number of thioether (sulfide) groups is 1. The Morgan fingerprint density at radius 2 is 1.77 bits per heavy atom. The number of thiazole rings is 1. The zero-order valence-corrected chi connectivity index (χ0v) is 25.7. The van der Waals surface area contributed by atoms with Gasteiger partial charge in [-0.25, -0.2) is 13.9 Å². The van der Waals surface area contributed by atoms with E-state index in [9.17, 15) is 19.8 Å². The fraction of sp³-hybridized carbons (Fsp3) is 0.273. The van der Waals surface area contributed by atoms with Gasteiger partial charge in [0.05, 0.1) is 22.9 Å². The number of β-lactam (4-membered cyclic amide) rings is 1. The maximum Gasteiger partial charge on any atom is 0.352 e. The molecule has 0 bridgehead atoms. The monoisotopic (exact) mass is 612 g/mol. The van der Waals surface area contributed by atoms with E-state index in [0.29, 0.717) is 12.1 Å². The smallest absolute Gasteiger partial charge is 0.352 e. The van der Waals surface area contributed by atoms with Crippen molar-refractivity contribution in [3.05, 3.63) is 101 Å². The molecular weight excluding hydrogens is 581 g/mol. The van der Waals surface area contributed by atoms with Crippen LogP contribution < -0.4 is 9.13 Å². The minimum atomic E-state index is -1.11. The van der Waals surface area contributed by atoms with Crippen molar-refractivity contribution in [1.82, 2.24) is 9.30 Å². The number of amides is 1. The number of hydrogen-bond donors (Lipinski definition) is 2. The maximum absolute atomic E-state index is 12.8. The number of carboxylic acids is 1. The summed E-state index contributed by atoms with van der Waals surface area (Å²) in [7, 11) is 0. The quantitative estimate of drug-likeness (QED) is 0.156. The third kappa shape index (κ3) is 4.56. The standard InChI is InChI=1S/C33H31N4O4S2/c1-19-26(29(33(40)41)37-28(19)27(20(2)38)30(37)39)25-17-36-18-35(31(42-3)32(36)43-25)15-22-10-8-21(9-11-22)14-34-13-12-23-6-4-5-7-24(23)16-34/h4-13,16-20,27-28,38H,14-15H2,1-3H3/q+1/p+1/t19-,20+,27+,28-/m0/s1. The number of aliphatic carboxylic acids is 1. The van der Waals surface area contributed by atoms with Gasteiger partial charge in [0.2, 0.25) is 15.8 Å². The fourth-order valence-corrected chi connectivity index (χ4v) is 8.88. The van der Waals surface area contributed by atoms with Crippen LogP contribution in [0.15, 0.2) is 90.2 Å². The topological polar surface area (TPSA) is 90.0 Å². The van der Waals surface area contributed by atoms with Crippen LogP contribution in [0.5, 0.6) is 0 Å². The molecule has 2 N–H and O–H groups in total. The fourth-order valence-electron chi connectivity index (χ4n) is 6.70. The van der Waals surface area contributed by atoms with Gasteiger partial charge in [0.1, 0.15) is 18.4 Å². The van der Waals surface area contributed by atoms with Gasteiger partial charge < -0.3 is 15.1 Å². The van der Waals surface area contributed by atoms with E-state index in [1.807, 2.05) is 19.4 Å². The molecule has 0 aliphatic carbocycles. The molecule has 0 unspecified atom stereocenters. The lowest BCUT2D eigenvalue weighted by Crippen LogP contribution is -2.63. The van der Waals surface area contributed by atoms with Gasteiger partial charge in [0, 0.05) is 28.5 Å². The first-order valence-corrected chi connectivity index (χ1v) is 16.3. The number of nitrogens with zero attached hydrogens (tertiary/aromatic N) is 4. The lowest BCUT2D eigenvalue weighted by Gasteiger charge is -2.46. The van der Waals surface area contributed by atoms with Crippen molar-refractivity contribution in [2.45, 2.75) is 44.1 Å². The molecule has 0 spiro atoms. The first kappa shape index (κ1) is 27.8. The number of hydrogen-bond acceptors (Lipinski definition) is 5. The Hall–Kier alpha value is -3.99. The Morgan fingerprint density at radius 3 is 2.44 bits per heavy atom. The summed E-state index contributed by atoms with van der Waals surface area (Å²) in [5.74, 6) is -2.19. The third-order valence-electron chi connectivity index (χ3n) is 8.73. The van der Waals surface area contributed by atoms with Crippen molar-refractivity contribution in [2.75, 3.05) is 6.26 Å². The summed E-state index contributed by atoms with van der Waals surface area (Å²) < 4.78 is 6.48. The van der Waals surface area contributed by atoms with Crippen LogP contribution in [0.2, 0.25) is 0 Å². The van der Waals surface area contributed by atoms with E-state index in [1.54, 1.807) is 30.0 Å². The number of carboxylic acid groups (broad SMARTS) is 1. The van der Waals surface area contributed by atoms with E-state index in [4.69, 9.17) is 0 Å². The van der Waals surface area contributed by atoms with Crippen molar-refractivity contribution in [1.29, 1.82) is 0 Å². The number of carbonyl (C=O) groups is 2. The molecule has 7 rings (SSSR count). The number of aliphatic hydroxyl groups excluding tert-OH is 1. The van der Waals surface area contributed by atoms with E-state index in [2.05, 4.69) is 86.9 Å². The molecule has 0 radical (unpaired) electrons. The molecule has 4 atom stereocenters. The average Bonchev–Trinajstić information content (AvgIpc) is 3.60. The number of imidazole rings is 1. The van der Waals surface area contributed by atoms with Gasteiger partial charge in [0.15, 0.2) is 18.9 Å². The second kappa shape index (κ2) is 10.6. The molecule has 2 aliphatic rings. The Kier molecular flexibility index (Phi) is 6.87. The maximum atomic E-state index is 12.8. The average molecular weight is 613 g/mol. The second-order valence-corrected chi connectivity index (χ2v) is 13.3. The molecule has 1 saturated heterocycles. The number of fused-ring (bicyclic) bond motifs is 3. The van der Waals surface area contributed by atoms with E-state index in [-0.39, 0.29) is 23.6 Å². The summed E-state index contributed by atoms with van der Waals surface area (Å²) in [5.41, 5.74) is 3.14. The highest BCUT2D eigenvalue weighted by Crippen LogP contribution is 2.51. The van der Waals surface area contributed by atoms with Crippen LogP contribution in [0.1, 0.15) is 29.9 Å². The normalized spacial score (nSPS) is 20.6. The summed E-state index contributed by atoms with van der Waals surface area (Å²) in [6.07, 6.45) is 9.55. The molecule has 0 saturated carbocycles. The Morgan fingerprint density at radius 1 is 1.07 bits per heavy atom. The third-order valence-corrected chi connectivity index (χ3v) is 10.8. The molecule has 5 aromatic rings. The molecule has 5 heterocycles. The molecule has 2 aromatic carbocycles. The molecular formula is C33H32N4O4S2+2. The lowest BCUT2D eigenvalue weighted by molar-refractivity contribution is -0.721. The first-order chi connectivity index (χ1) is 20.7. The predicted octanol–water partition coefficient (Wildman–Crippen LogP) is 4.20. The van der Waals surface area contributed by atoms with Gasteiger partial charge in [-0.3, -0.25) is 4.79 Å². The SMILES string of the molecule is CSc1c2sc(C3=C(C(=O)O)N4C(=O)[C@H]([C@@H](C)O)[C@@H]4[C@H]3C)cn2c[n+]1Cc1ccc(C[n+]2ccc3ccccc3c2)cc1. The van der Waals surface area contributed by atoms with Crippen LogP contribution in [0.3, 0.4) is 0 Å². The van der Waals surface area contributed by atoms with Gasteiger partial charge in [-0.05, 0) is 30.2 Å². The van der Waals surface area contributed by atoms with E-state index >= 15 is 0 Å². The van der Waals surface area contributed by atoms with Crippen molar-refractivity contribution in [3.8, 4) is 0 Å². The molecule has 1 fully saturated rings. The minimum Gasteiger partial charge on any atom is -0.477 e. The molecule has 10 heteroatoms. The predicted molar refractivity (Wildman–Crippen MR) is 166 cm³/mol. The Balaban J connectivity index is 1.13. The van der Waals surface area contributed by atoms with Crippen molar-refractivity contribution >= 4 is 56.2 Å². The summed E-state index contributed by atoms with van der Waals surface area (Å²) in [4.78, 5) is 28.4. The van der Waals surface area contributed by atoms with Crippen molar-refractivity contribution < 1.29 is 28.9 Å². The molecule has 1 amide bonds. The zero-order valence-electron chi connectivity index (χ0n) is 24.0. The number of aliphatic hydroxyl groups is 1. The summed E-state index contributed by atoms with van der Waals surface area (Å²) >= 11 is 3.20. The van der Waals surface area contributed by atoms with Gasteiger partial charge in [-0.2, -0.15) is 4.40 Å². The first-order valence-electron chi connectivity index (χ1n) is 14.3. The van der Waals surface area contributed by atoms with Crippen LogP contribution in [0.25, 0.3) is 21.2 Å².